The van der Waals surface area contributed by atoms with Gasteiger partial charge in [-0.05, 0) is 0 Å². The lowest BCUT2D eigenvalue weighted by Crippen LogP contribution is -2.06. The van der Waals surface area contributed by atoms with Crippen molar-refractivity contribution in [1.29, 1.82) is 0 Å². The molecule has 0 spiro atoms. The maximum Gasteiger partial charge on any atom is 0.373 e. The van der Waals surface area contributed by atoms with E-state index in [1.807, 2.05) is 0 Å². The van der Waals surface area contributed by atoms with Crippen LogP contribution in [0, 0.1) is 0 Å². The molecule has 0 fully saturated rings. The quantitative estimate of drug-likeness (QED) is 0.273. The van der Waals surface area contributed by atoms with Gasteiger partial charge in [-0.15, -0.1) is 0 Å². The lowest BCUT2D eigenvalue weighted by atomic mass is 10.4. The maximum absolute atomic E-state index is 10.9. The highest BCUT2D eigenvalue weighted by atomic mass is 16.6. The molecule has 0 rings (SSSR count). The number of esters is 1. The minimum atomic E-state index is -0.560. The van der Waals surface area contributed by atoms with Gasteiger partial charge in [0.2, 0.25) is 5.76 Å². The number of rotatable bonds is 4. The highest BCUT2D eigenvalue weighted by Crippen LogP contribution is 2.03. The van der Waals surface area contributed by atoms with Gasteiger partial charge in [-0.1, -0.05) is 6.58 Å². The molecule has 0 N–H and O–H groups in total. The molecular weight excluding hydrogens is 160 g/mol. The molecule has 0 aliphatic heterocycles. The lowest BCUT2D eigenvalue weighted by Gasteiger charge is -2.03. The first kappa shape index (κ1) is 10.6. The van der Waals surface area contributed by atoms with Crippen LogP contribution in [0.4, 0.5) is 0 Å². The summed E-state index contributed by atoms with van der Waals surface area (Å²) in [6, 6.07) is 0. The van der Waals surface area contributed by atoms with Gasteiger partial charge in [0.15, 0.2) is 0 Å². The Hall–Kier alpha value is -1.45. The number of ether oxygens (including phenoxy) is 3. The second-order valence-electron chi connectivity index (χ2n) is 1.87. The molecule has 0 atom stereocenters. The molecule has 0 amide bonds. The summed E-state index contributed by atoms with van der Waals surface area (Å²) in [4.78, 5) is 10.9. The van der Waals surface area contributed by atoms with E-state index < -0.39 is 5.97 Å². The SMILES string of the molecule is C=C(/C=C(\OC)C(=O)OC)OC. The highest BCUT2D eigenvalue weighted by Gasteiger charge is 2.09. The van der Waals surface area contributed by atoms with Crippen LogP contribution in [0.1, 0.15) is 0 Å². The number of hydrogen-bond donors (Lipinski definition) is 0. The third kappa shape index (κ3) is 3.09. The summed E-state index contributed by atoms with van der Waals surface area (Å²) in [6.07, 6.45) is 1.35. The Morgan fingerprint density at radius 1 is 1.17 bits per heavy atom. The minimum absolute atomic E-state index is 0.0596. The number of methoxy groups -OCH3 is 3. The Kier molecular flexibility index (Phi) is 4.60. The summed E-state index contributed by atoms with van der Waals surface area (Å²) in [5.74, 6) is -0.169. The Bertz CT molecular complexity index is 205. The largest absolute Gasteiger partial charge is 0.497 e. The van der Waals surface area contributed by atoms with Gasteiger partial charge in [-0.2, -0.15) is 0 Å². The Labute approximate surface area is 71.4 Å². The molecule has 0 aliphatic carbocycles. The van der Waals surface area contributed by atoms with Crippen LogP contribution in [0.5, 0.6) is 0 Å². The average Bonchev–Trinajstić information content (AvgIpc) is 2.12. The van der Waals surface area contributed by atoms with Gasteiger partial charge in [0.1, 0.15) is 5.76 Å². The van der Waals surface area contributed by atoms with Crippen molar-refractivity contribution in [2.75, 3.05) is 21.3 Å². The summed E-state index contributed by atoms with van der Waals surface area (Å²) < 4.78 is 13.9. The van der Waals surface area contributed by atoms with Gasteiger partial charge in [0.05, 0.1) is 21.3 Å². The van der Waals surface area contributed by atoms with E-state index in [1.54, 1.807) is 0 Å². The second kappa shape index (κ2) is 5.23. The normalized spacial score (nSPS) is 10.4. The van der Waals surface area contributed by atoms with Crippen molar-refractivity contribution in [3.63, 3.8) is 0 Å². The summed E-state index contributed by atoms with van der Waals surface area (Å²) >= 11 is 0. The molecule has 0 radical (unpaired) electrons. The topological polar surface area (TPSA) is 44.8 Å². The third-order valence-corrected chi connectivity index (χ3v) is 1.16. The fourth-order valence-corrected chi connectivity index (χ4v) is 0.507. The predicted molar refractivity (Wildman–Crippen MR) is 43.3 cm³/mol. The Balaban J connectivity index is 4.43. The van der Waals surface area contributed by atoms with Gasteiger partial charge in [-0.25, -0.2) is 4.79 Å². The number of allylic oxidation sites excluding steroid dienone is 1. The van der Waals surface area contributed by atoms with Crippen LogP contribution in [0.2, 0.25) is 0 Å². The standard InChI is InChI=1S/C8H12O4/c1-6(10-2)5-7(11-3)8(9)12-4/h5H,1H2,2-4H3/b7-5-. The van der Waals surface area contributed by atoms with Crippen molar-refractivity contribution in [2.24, 2.45) is 0 Å². The smallest absolute Gasteiger partial charge is 0.373 e. The lowest BCUT2D eigenvalue weighted by molar-refractivity contribution is -0.139. The monoisotopic (exact) mass is 172 g/mol. The fraction of sp³-hybridized carbons (Fsp3) is 0.375. The van der Waals surface area contributed by atoms with E-state index in [-0.39, 0.29) is 5.76 Å². The van der Waals surface area contributed by atoms with E-state index in [4.69, 9.17) is 9.47 Å². The molecule has 0 unspecified atom stereocenters. The van der Waals surface area contributed by atoms with E-state index >= 15 is 0 Å². The molecule has 12 heavy (non-hydrogen) atoms. The molecule has 0 bridgehead atoms. The van der Waals surface area contributed by atoms with E-state index in [9.17, 15) is 4.79 Å². The zero-order valence-electron chi connectivity index (χ0n) is 7.42. The molecule has 4 nitrogen and oxygen atoms in total. The molecule has 0 saturated carbocycles. The number of hydrogen-bond acceptors (Lipinski definition) is 4. The Morgan fingerprint density at radius 3 is 2.08 bits per heavy atom. The molecule has 0 aliphatic rings. The predicted octanol–water partition coefficient (Wildman–Crippen LogP) is 0.850. The van der Waals surface area contributed by atoms with Gasteiger partial charge < -0.3 is 14.2 Å². The summed E-state index contributed by atoms with van der Waals surface area (Å²) in [6.45, 7) is 3.49. The number of carbonyl (C=O) groups excluding carboxylic acids is 1. The summed E-state index contributed by atoms with van der Waals surface area (Å²) in [5.41, 5.74) is 0. The zero-order valence-corrected chi connectivity index (χ0v) is 7.42. The van der Waals surface area contributed by atoms with Crippen LogP contribution in [-0.2, 0) is 19.0 Å². The second-order valence-corrected chi connectivity index (χ2v) is 1.87. The van der Waals surface area contributed by atoms with Crippen molar-refractivity contribution in [1.82, 2.24) is 0 Å². The first-order chi connectivity index (χ1) is 5.65. The molecule has 0 heterocycles. The van der Waals surface area contributed by atoms with E-state index in [2.05, 4.69) is 11.3 Å². The van der Waals surface area contributed by atoms with Crippen LogP contribution in [0.3, 0.4) is 0 Å². The number of carbonyl (C=O) groups is 1. The molecule has 0 saturated heterocycles. The van der Waals surface area contributed by atoms with Crippen molar-refractivity contribution in [2.45, 2.75) is 0 Å². The molecule has 68 valence electrons. The van der Waals surface area contributed by atoms with E-state index in [0.29, 0.717) is 5.76 Å². The van der Waals surface area contributed by atoms with E-state index in [1.165, 1.54) is 27.4 Å². The van der Waals surface area contributed by atoms with Crippen molar-refractivity contribution >= 4 is 5.97 Å². The highest BCUT2D eigenvalue weighted by molar-refractivity contribution is 5.86. The van der Waals surface area contributed by atoms with Crippen molar-refractivity contribution in [3.05, 3.63) is 24.2 Å². The minimum Gasteiger partial charge on any atom is -0.497 e. The van der Waals surface area contributed by atoms with Gasteiger partial charge >= 0.3 is 5.97 Å². The van der Waals surface area contributed by atoms with Crippen molar-refractivity contribution in [3.8, 4) is 0 Å². The van der Waals surface area contributed by atoms with Gasteiger partial charge in [0.25, 0.3) is 0 Å². The molecule has 0 aromatic heterocycles. The zero-order chi connectivity index (χ0) is 9.56. The first-order valence-electron chi connectivity index (χ1n) is 3.22. The first-order valence-corrected chi connectivity index (χ1v) is 3.22. The molecule has 4 heteroatoms. The van der Waals surface area contributed by atoms with Crippen molar-refractivity contribution < 1.29 is 19.0 Å². The molecule has 0 aromatic carbocycles. The Morgan fingerprint density at radius 2 is 1.75 bits per heavy atom. The van der Waals surface area contributed by atoms with Crippen LogP contribution in [0.15, 0.2) is 24.2 Å². The van der Waals surface area contributed by atoms with Gasteiger partial charge in [0, 0.05) is 6.08 Å². The third-order valence-electron chi connectivity index (χ3n) is 1.16. The van der Waals surface area contributed by atoms with Crippen LogP contribution >= 0.6 is 0 Å². The molecular formula is C8H12O4. The van der Waals surface area contributed by atoms with E-state index in [0.717, 1.165) is 0 Å². The van der Waals surface area contributed by atoms with Crippen LogP contribution < -0.4 is 0 Å². The fourth-order valence-electron chi connectivity index (χ4n) is 0.507. The van der Waals surface area contributed by atoms with Crippen LogP contribution in [0.25, 0.3) is 0 Å². The van der Waals surface area contributed by atoms with Gasteiger partial charge in [-0.3, -0.25) is 0 Å². The summed E-state index contributed by atoms with van der Waals surface area (Å²) in [7, 11) is 4.08. The average molecular weight is 172 g/mol. The maximum atomic E-state index is 10.9. The molecule has 0 aromatic rings. The summed E-state index contributed by atoms with van der Waals surface area (Å²) in [5, 5.41) is 0. The van der Waals surface area contributed by atoms with Crippen LogP contribution in [-0.4, -0.2) is 27.3 Å².